The summed E-state index contributed by atoms with van der Waals surface area (Å²) in [6, 6.07) is -0.968. The van der Waals surface area contributed by atoms with Crippen molar-refractivity contribution in [2.45, 2.75) is 18.9 Å². The largest absolute Gasteiger partial charge is 0.445 e. The van der Waals surface area contributed by atoms with Crippen molar-refractivity contribution in [2.24, 2.45) is 11.5 Å². The molecule has 0 aromatic heterocycles. The summed E-state index contributed by atoms with van der Waals surface area (Å²) < 4.78 is 4.59. The number of nitrogens with one attached hydrogen (secondary N) is 1. The summed E-state index contributed by atoms with van der Waals surface area (Å²) in [7, 11) is 0. The SMILES string of the molecule is C=CCOC(=O)NC(CCC(N)=O)C(N)=O. The van der Waals surface area contributed by atoms with Crippen molar-refractivity contribution in [3.05, 3.63) is 12.7 Å². The number of carbonyl (C=O) groups excluding carboxylic acids is 3. The van der Waals surface area contributed by atoms with Gasteiger partial charge >= 0.3 is 6.09 Å². The smallest absolute Gasteiger partial charge is 0.408 e. The fraction of sp³-hybridized carbons (Fsp3) is 0.444. The third kappa shape index (κ3) is 6.41. The average Bonchev–Trinajstić information content (AvgIpc) is 2.20. The quantitative estimate of drug-likeness (QED) is 0.485. The van der Waals surface area contributed by atoms with Gasteiger partial charge in [0, 0.05) is 6.42 Å². The van der Waals surface area contributed by atoms with Crippen molar-refractivity contribution in [1.82, 2.24) is 5.32 Å². The van der Waals surface area contributed by atoms with Crippen LogP contribution in [-0.4, -0.2) is 30.6 Å². The number of ether oxygens (including phenoxy) is 1. The van der Waals surface area contributed by atoms with Crippen LogP contribution in [0.5, 0.6) is 0 Å². The average molecular weight is 229 g/mol. The van der Waals surface area contributed by atoms with Gasteiger partial charge in [0.25, 0.3) is 0 Å². The maximum Gasteiger partial charge on any atom is 0.408 e. The highest BCUT2D eigenvalue weighted by Gasteiger charge is 2.19. The molecule has 7 nitrogen and oxygen atoms in total. The van der Waals surface area contributed by atoms with Gasteiger partial charge in [-0.1, -0.05) is 12.7 Å². The molecule has 0 bridgehead atoms. The molecule has 0 saturated heterocycles. The molecule has 0 fully saturated rings. The molecule has 0 radical (unpaired) electrons. The van der Waals surface area contributed by atoms with E-state index in [-0.39, 0.29) is 19.4 Å². The number of amides is 3. The molecule has 5 N–H and O–H groups in total. The molecule has 7 heteroatoms. The molecule has 0 rings (SSSR count). The molecule has 0 saturated carbocycles. The van der Waals surface area contributed by atoms with Crippen LogP contribution in [0.15, 0.2) is 12.7 Å². The maximum absolute atomic E-state index is 11.1. The van der Waals surface area contributed by atoms with Gasteiger partial charge in [-0.15, -0.1) is 0 Å². The van der Waals surface area contributed by atoms with E-state index in [9.17, 15) is 14.4 Å². The minimum atomic E-state index is -0.968. The lowest BCUT2D eigenvalue weighted by Gasteiger charge is -2.13. The first-order valence-electron chi connectivity index (χ1n) is 4.59. The summed E-state index contributed by atoms with van der Waals surface area (Å²) in [5.74, 6) is -1.33. The highest BCUT2D eigenvalue weighted by Crippen LogP contribution is 1.97. The zero-order valence-electron chi connectivity index (χ0n) is 8.77. The Bertz CT molecular complexity index is 290. The lowest BCUT2D eigenvalue weighted by molar-refractivity contribution is -0.120. The Morgan fingerprint density at radius 3 is 2.44 bits per heavy atom. The van der Waals surface area contributed by atoms with Crippen molar-refractivity contribution in [1.29, 1.82) is 0 Å². The van der Waals surface area contributed by atoms with Gasteiger partial charge in [0.05, 0.1) is 0 Å². The lowest BCUT2D eigenvalue weighted by atomic mass is 10.1. The Labute approximate surface area is 92.8 Å². The van der Waals surface area contributed by atoms with E-state index in [4.69, 9.17) is 11.5 Å². The predicted molar refractivity (Wildman–Crippen MR) is 56.1 cm³/mol. The summed E-state index contributed by atoms with van der Waals surface area (Å²) in [5.41, 5.74) is 9.92. The summed E-state index contributed by atoms with van der Waals surface area (Å²) in [6.45, 7) is 3.37. The molecular formula is C9H15N3O4. The normalized spacial score (nSPS) is 11.2. The predicted octanol–water partition coefficient (Wildman–Crippen LogP) is -0.982. The Balaban J connectivity index is 4.11. The van der Waals surface area contributed by atoms with E-state index in [1.54, 1.807) is 0 Å². The van der Waals surface area contributed by atoms with Crippen molar-refractivity contribution >= 4 is 17.9 Å². The van der Waals surface area contributed by atoms with Crippen molar-refractivity contribution < 1.29 is 19.1 Å². The molecule has 0 aliphatic carbocycles. The number of rotatable bonds is 7. The van der Waals surface area contributed by atoms with Crippen molar-refractivity contribution in [3.8, 4) is 0 Å². The molecule has 0 heterocycles. The highest BCUT2D eigenvalue weighted by molar-refractivity contribution is 5.85. The van der Waals surface area contributed by atoms with Crippen LogP contribution in [0.25, 0.3) is 0 Å². The molecule has 3 amide bonds. The Morgan fingerprint density at radius 2 is 2.00 bits per heavy atom. The molecule has 1 unspecified atom stereocenters. The molecule has 0 aromatic rings. The zero-order chi connectivity index (χ0) is 12.6. The molecule has 0 spiro atoms. The number of hydrogen-bond acceptors (Lipinski definition) is 4. The maximum atomic E-state index is 11.1. The Morgan fingerprint density at radius 1 is 1.38 bits per heavy atom. The Hall–Kier alpha value is -2.05. The van der Waals surface area contributed by atoms with Gasteiger partial charge < -0.3 is 21.5 Å². The summed E-state index contributed by atoms with van der Waals surface area (Å²) in [4.78, 5) is 32.5. The van der Waals surface area contributed by atoms with E-state index in [1.165, 1.54) is 6.08 Å². The standard InChI is InChI=1S/C9H15N3O4/c1-2-5-16-9(15)12-6(8(11)14)3-4-7(10)13/h2,6H,1,3-5H2,(H2,10,13)(H2,11,14)(H,12,15). The summed E-state index contributed by atoms with van der Waals surface area (Å²) >= 11 is 0. The van der Waals surface area contributed by atoms with Gasteiger partial charge in [-0.2, -0.15) is 0 Å². The minimum absolute atomic E-state index is 0.0210. The van der Waals surface area contributed by atoms with Crippen molar-refractivity contribution in [3.63, 3.8) is 0 Å². The first-order chi connectivity index (χ1) is 7.47. The van der Waals surface area contributed by atoms with E-state index >= 15 is 0 Å². The number of primary amides is 2. The second-order valence-electron chi connectivity index (χ2n) is 2.99. The van der Waals surface area contributed by atoms with Gasteiger partial charge in [-0.3, -0.25) is 9.59 Å². The summed E-state index contributed by atoms with van der Waals surface area (Å²) in [5, 5.41) is 2.22. The molecule has 1 atom stereocenters. The minimum Gasteiger partial charge on any atom is -0.445 e. The molecular weight excluding hydrogens is 214 g/mol. The monoisotopic (exact) mass is 229 g/mol. The molecule has 90 valence electrons. The van der Waals surface area contributed by atoms with Crippen molar-refractivity contribution in [2.75, 3.05) is 6.61 Å². The third-order valence-electron chi connectivity index (χ3n) is 1.65. The van der Waals surface area contributed by atoms with Crippen LogP contribution in [0, 0.1) is 0 Å². The topological polar surface area (TPSA) is 125 Å². The van der Waals surface area contributed by atoms with E-state index in [0.717, 1.165) is 0 Å². The highest BCUT2D eigenvalue weighted by atomic mass is 16.5. The number of nitrogens with two attached hydrogens (primary N) is 2. The number of carbonyl (C=O) groups is 3. The lowest BCUT2D eigenvalue weighted by Crippen LogP contribution is -2.45. The van der Waals surface area contributed by atoms with E-state index in [0.29, 0.717) is 0 Å². The second-order valence-corrected chi connectivity index (χ2v) is 2.99. The number of alkyl carbamates (subject to hydrolysis) is 1. The van der Waals surface area contributed by atoms with Crippen LogP contribution in [0.1, 0.15) is 12.8 Å². The van der Waals surface area contributed by atoms with E-state index in [1.807, 2.05) is 0 Å². The molecule has 16 heavy (non-hydrogen) atoms. The van der Waals surface area contributed by atoms with Crippen LogP contribution in [0.4, 0.5) is 4.79 Å². The van der Waals surface area contributed by atoms with Crippen LogP contribution in [0.2, 0.25) is 0 Å². The first-order valence-corrected chi connectivity index (χ1v) is 4.59. The second kappa shape index (κ2) is 7.27. The van der Waals surface area contributed by atoms with Gasteiger partial charge in [0.1, 0.15) is 12.6 Å². The third-order valence-corrected chi connectivity index (χ3v) is 1.65. The van der Waals surface area contributed by atoms with Crippen LogP contribution in [-0.2, 0) is 14.3 Å². The van der Waals surface area contributed by atoms with Crippen LogP contribution in [0.3, 0.4) is 0 Å². The molecule has 0 aliphatic heterocycles. The molecule has 0 aliphatic rings. The summed E-state index contributed by atoms with van der Waals surface area (Å²) in [6.07, 6.45) is 0.582. The van der Waals surface area contributed by atoms with Gasteiger partial charge in [-0.05, 0) is 6.42 Å². The zero-order valence-corrected chi connectivity index (χ0v) is 8.77. The Kier molecular flexibility index (Phi) is 6.34. The van der Waals surface area contributed by atoms with E-state index in [2.05, 4.69) is 16.6 Å². The van der Waals surface area contributed by atoms with E-state index < -0.39 is 23.9 Å². The van der Waals surface area contributed by atoms with Gasteiger partial charge in [-0.25, -0.2) is 4.79 Å². The number of hydrogen-bond donors (Lipinski definition) is 3. The fourth-order valence-electron chi connectivity index (χ4n) is 0.891. The van der Waals surface area contributed by atoms with Gasteiger partial charge in [0.15, 0.2) is 0 Å². The fourth-order valence-corrected chi connectivity index (χ4v) is 0.891. The first kappa shape index (κ1) is 13.9. The van der Waals surface area contributed by atoms with Crippen LogP contribution >= 0.6 is 0 Å². The molecule has 0 aromatic carbocycles. The van der Waals surface area contributed by atoms with Gasteiger partial charge in [0.2, 0.25) is 11.8 Å². The van der Waals surface area contributed by atoms with Crippen LogP contribution < -0.4 is 16.8 Å².